The van der Waals surface area contributed by atoms with Gasteiger partial charge in [0.2, 0.25) is 5.91 Å². The van der Waals surface area contributed by atoms with Gasteiger partial charge >= 0.3 is 11.9 Å². The average Bonchev–Trinajstić information content (AvgIpc) is 2.38. The molecule has 0 aromatic rings. The van der Waals surface area contributed by atoms with Gasteiger partial charge in [-0.1, -0.05) is 12.2 Å². The Balaban J connectivity index is 2.46. The van der Waals surface area contributed by atoms with E-state index in [1.807, 2.05) is 6.08 Å². The van der Waals surface area contributed by atoms with Crippen molar-refractivity contribution in [3.63, 3.8) is 0 Å². The number of aliphatic carboxylic acids is 1. The van der Waals surface area contributed by atoms with Gasteiger partial charge in [0.1, 0.15) is 0 Å². The molecule has 0 bridgehead atoms. The van der Waals surface area contributed by atoms with Crippen LogP contribution in [0.5, 0.6) is 0 Å². The van der Waals surface area contributed by atoms with Crippen molar-refractivity contribution >= 4 is 17.8 Å². The van der Waals surface area contributed by atoms with E-state index in [0.717, 1.165) is 0 Å². The van der Waals surface area contributed by atoms with E-state index in [1.165, 1.54) is 7.11 Å². The quantitative estimate of drug-likeness (QED) is 0.545. The minimum absolute atomic E-state index is 0.0859. The normalized spacial score (nSPS) is 22.3. The molecule has 0 radical (unpaired) electrons. The summed E-state index contributed by atoms with van der Waals surface area (Å²) < 4.78 is 4.44. The van der Waals surface area contributed by atoms with E-state index in [9.17, 15) is 14.4 Å². The molecule has 2 unspecified atom stereocenters. The van der Waals surface area contributed by atoms with Gasteiger partial charge in [-0.05, 0) is 12.8 Å². The molecule has 1 rings (SSSR count). The molecule has 0 aliphatic heterocycles. The van der Waals surface area contributed by atoms with E-state index in [4.69, 9.17) is 5.11 Å². The summed E-state index contributed by atoms with van der Waals surface area (Å²) in [5.74, 6) is -2.95. The molecule has 0 saturated heterocycles. The molecule has 100 valence electrons. The summed E-state index contributed by atoms with van der Waals surface area (Å²) in [5, 5.41) is 11.6. The molecule has 6 nitrogen and oxygen atoms in total. The highest BCUT2D eigenvalue weighted by atomic mass is 16.5. The van der Waals surface area contributed by atoms with Gasteiger partial charge < -0.3 is 15.2 Å². The average molecular weight is 255 g/mol. The number of methoxy groups -OCH3 is 1. The first-order valence-electron chi connectivity index (χ1n) is 5.78. The second kappa shape index (κ2) is 6.78. The predicted octanol–water partition coefficient (Wildman–Crippen LogP) is 0.333. The number of esters is 1. The summed E-state index contributed by atoms with van der Waals surface area (Å²) in [6.07, 6.45) is 4.45. The summed E-state index contributed by atoms with van der Waals surface area (Å²) in [6, 6.07) is 0. The number of allylic oxidation sites excluding steroid dienone is 2. The number of carbonyl (C=O) groups excluding carboxylic acids is 2. The van der Waals surface area contributed by atoms with E-state index in [1.54, 1.807) is 6.08 Å². The van der Waals surface area contributed by atoms with Gasteiger partial charge in [0.15, 0.2) is 0 Å². The van der Waals surface area contributed by atoms with E-state index in [2.05, 4.69) is 10.1 Å². The van der Waals surface area contributed by atoms with Crippen LogP contribution in [0.2, 0.25) is 0 Å². The number of hydrogen-bond acceptors (Lipinski definition) is 4. The van der Waals surface area contributed by atoms with Crippen molar-refractivity contribution < 1.29 is 24.2 Å². The van der Waals surface area contributed by atoms with Crippen LogP contribution in [0.15, 0.2) is 12.2 Å². The zero-order valence-corrected chi connectivity index (χ0v) is 10.2. The van der Waals surface area contributed by atoms with Crippen LogP contribution < -0.4 is 5.32 Å². The van der Waals surface area contributed by atoms with E-state index in [0.29, 0.717) is 12.8 Å². The molecule has 0 saturated carbocycles. The molecule has 18 heavy (non-hydrogen) atoms. The number of rotatable bonds is 5. The minimum atomic E-state index is -0.965. The number of hydrogen-bond donors (Lipinski definition) is 2. The predicted molar refractivity (Wildman–Crippen MR) is 62.6 cm³/mol. The highest BCUT2D eigenvalue weighted by Gasteiger charge is 2.33. The lowest BCUT2D eigenvalue weighted by molar-refractivity contribution is -0.147. The molecule has 1 aliphatic rings. The Labute approximate surface area is 105 Å². The van der Waals surface area contributed by atoms with Crippen LogP contribution in [0.3, 0.4) is 0 Å². The summed E-state index contributed by atoms with van der Waals surface area (Å²) >= 11 is 0. The van der Waals surface area contributed by atoms with Crippen LogP contribution in [0.4, 0.5) is 0 Å². The Hall–Kier alpha value is -1.85. The van der Waals surface area contributed by atoms with E-state index in [-0.39, 0.29) is 18.9 Å². The number of amides is 1. The first-order valence-corrected chi connectivity index (χ1v) is 5.78. The van der Waals surface area contributed by atoms with Crippen molar-refractivity contribution in [1.29, 1.82) is 0 Å². The third kappa shape index (κ3) is 3.87. The highest BCUT2D eigenvalue weighted by Crippen LogP contribution is 2.25. The van der Waals surface area contributed by atoms with Crippen LogP contribution in [-0.2, 0) is 19.1 Å². The lowest BCUT2D eigenvalue weighted by Crippen LogP contribution is -2.39. The Kier molecular flexibility index (Phi) is 5.35. The van der Waals surface area contributed by atoms with Crippen molar-refractivity contribution in [2.24, 2.45) is 11.8 Å². The first kappa shape index (κ1) is 14.2. The number of carboxylic acids is 1. The van der Waals surface area contributed by atoms with Gasteiger partial charge in [-0.15, -0.1) is 0 Å². The third-order valence-corrected chi connectivity index (χ3v) is 2.94. The topological polar surface area (TPSA) is 92.7 Å². The first-order chi connectivity index (χ1) is 8.56. The molecule has 0 aromatic heterocycles. The second-order valence-corrected chi connectivity index (χ2v) is 4.11. The number of carboxylic acid groups (broad SMARTS) is 1. The molecule has 1 aliphatic carbocycles. The van der Waals surface area contributed by atoms with Crippen molar-refractivity contribution in [2.45, 2.75) is 19.3 Å². The van der Waals surface area contributed by atoms with Crippen LogP contribution in [0.1, 0.15) is 19.3 Å². The maximum Gasteiger partial charge on any atom is 0.307 e. The molecular weight excluding hydrogens is 238 g/mol. The maximum absolute atomic E-state index is 11.8. The van der Waals surface area contributed by atoms with E-state index >= 15 is 0 Å². The lowest BCUT2D eigenvalue weighted by Gasteiger charge is -2.24. The summed E-state index contributed by atoms with van der Waals surface area (Å²) in [6.45, 7) is 0.165. The molecule has 0 fully saturated rings. The minimum Gasteiger partial charge on any atom is -0.481 e. The van der Waals surface area contributed by atoms with Crippen molar-refractivity contribution in [2.75, 3.05) is 13.7 Å². The fourth-order valence-electron chi connectivity index (χ4n) is 1.90. The van der Waals surface area contributed by atoms with Crippen molar-refractivity contribution in [3.8, 4) is 0 Å². The van der Waals surface area contributed by atoms with Crippen molar-refractivity contribution in [3.05, 3.63) is 12.2 Å². The molecule has 0 aromatic carbocycles. The summed E-state index contributed by atoms with van der Waals surface area (Å²) in [7, 11) is 1.27. The smallest absolute Gasteiger partial charge is 0.307 e. The zero-order chi connectivity index (χ0) is 13.5. The van der Waals surface area contributed by atoms with Crippen LogP contribution in [0, 0.1) is 11.8 Å². The standard InChI is InChI=1S/C12H17NO5/c1-18-10(14)6-7-13-11(15)8-4-2-3-5-9(8)12(16)17/h2-3,8-9H,4-7H2,1H3,(H,13,15)(H,16,17). The molecule has 0 heterocycles. The maximum atomic E-state index is 11.8. The van der Waals surface area contributed by atoms with Gasteiger partial charge in [0, 0.05) is 6.54 Å². The second-order valence-electron chi connectivity index (χ2n) is 4.11. The van der Waals surface area contributed by atoms with Gasteiger partial charge in [-0.3, -0.25) is 14.4 Å². The van der Waals surface area contributed by atoms with Crippen LogP contribution in [0.25, 0.3) is 0 Å². The van der Waals surface area contributed by atoms with E-state index < -0.39 is 23.8 Å². The fraction of sp³-hybridized carbons (Fsp3) is 0.583. The van der Waals surface area contributed by atoms with Gasteiger partial charge in [0.25, 0.3) is 0 Å². The molecule has 6 heteroatoms. The molecule has 0 spiro atoms. The van der Waals surface area contributed by atoms with Gasteiger partial charge in [-0.2, -0.15) is 0 Å². The number of carbonyl (C=O) groups is 3. The van der Waals surface area contributed by atoms with Crippen LogP contribution in [-0.4, -0.2) is 36.6 Å². The zero-order valence-electron chi connectivity index (χ0n) is 10.2. The number of nitrogens with one attached hydrogen (secondary N) is 1. The number of ether oxygens (including phenoxy) is 1. The van der Waals surface area contributed by atoms with Crippen LogP contribution >= 0.6 is 0 Å². The highest BCUT2D eigenvalue weighted by molar-refractivity contribution is 5.85. The molecule has 2 atom stereocenters. The van der Waals surface area contributed by atoms with Crippen molar-refractivity contribution in [1.82, 2.24) is 5.32 Å². The third-order valence-electron chi connectivity index (χ3n) is 2.94. The summed E-state index contributed by atoms with van der Waals surface area (Å²) in [4.78, 5) is 33.7. The molecular formula is C12H17NO5. The molecule has 1 amide bonds. The fourth-order valence-corrected chi connectivity index (χ4v) is 1.90. The largest absolute Gasteiger partial charge is 0.481 e. The molecule has 2 N–H and O–H groups in total. The monoisotopic (exact) mass is 255 g/mol. The Morgan fingerprint density at radius 1 is 1.28 bits per heavy atom. The summed E-state index contributed by atoms with van der Waals surface area (Å²) in [5.41, 5.74) is 0. The Morgan fingerprint density at radius 3 is 2.44 bits per heavy atom. The Bertz CT molecular complexity index is 363. The SMILES string of the molecule is COC(=O)CCNC(=O)C1CC=CCC1C(=O)O. The lowest BCUT2D eigenvalue weighted by atomic mass is 9.82. The van der Waals surface area contributed by atoms with Gasteiger partial charge in [-0.25, -0.2) is 0 Å². The van der Waals surface area contributed by atoms with Gasteiger partial charge in [0.05, 0.1) is 25.4 Å². The Morgan fingerprint density at radius 2 is 1.89 bits per heavy atom.